The summed E-state index contributed by atoms with van der Waals surface area (Å²) in [6.07, 6.45) is 0.680. The van der Waals surface area contributed by atoms with Gasteiger partial charge in [0.2, 0.25) is 5.91 Å². The number of carbonyl (C=O) groups excluding carboxylic acids is 2. The molecule has 8 nitrogen and oxygen atoms in total. The van der Waals surface area contributed by atoms with E-state index in [1.807, 2.05) is 31.2 Å². The van der Waals surface area contributed by atoms with Crippen LogP contribution in [0.2, 0.25) is 0 Å². The third-order valence-electron chi connectivity index (χ3n) is 5.62. The smallest absolute Gasteiger partial charge is 0.407 e. The molecule has 0 radical (unpaired) electrons. The second-order valence-corrected chi connectivity index (χ2v) is 7.93. The third kappa shape index (κ3) is 6.55. The highest BCUT2D eigenvalue weighted by Gasteiger charge is 2.28. The van der Waals surface area contributed by atoms with Crippen LogP contribution in [0, 0.1) is 5.92 Å². The van der Waals surface area contributed by atoms with Crippen LogP contribution in [0.1, 0.15) is 36.8 Å². The molecule has 0 saturated heterocycles. The van der Waals surface area contributed by atoms with Crippen molar-refractivity contribution in [2.75, 3.05) is 32.9 Å². The van der Waals surface area contributed by atoms with Gasteiger partial charge in [0.1, 0.15) is 13.2 Å². The third-order valence-corrected chi connectivity index (χ3v) is 5.62. The van der Waals surface area contributed by atoms with Crippen LogP contribution < -0.4 is 10.6 Å². The number of ether oxygens (including phenoxy) is 2. The van der Waals surface area contributed by atoms with E-state index >= 15 is 0 Å². The Morgan fingerprint density at radius 3 is 2.24 bits per heavy atom. The van der Waals surface area contributed by atoms with Crippen molar-refractivity contribution in [3.8, 4) is 11.1 Å². The van der Waals surface area contributed by atoms with Gasteiger partial charge in [0.15, 0.2) is 0 Å². The SMILES string of the molecule is CCCC(CNC(=O)COCCNC(=O)OCC1c2ccccc2-c2ccccc21)C(=O)O. The van der Waals surface area contributed by atoms with Gasteiger partial charge in [0.05, 0.1) is 12.5 Å². The Morgan fingerprint density at radius 2 is 1.64 bits per heavy atom. The van der Waals surface area contributed by atoms with Crippen molar-refractivity contribution in [1.82, 2.24) is 10.6 Å². The van der Waals surface area contributed by atoms with Gasteiger partial charge in [0, 0.05) is 19.0 Å². The summed E-state index contributed by atoms with van der Waals surface area (Å²) in [7, 11) is 0. The first-order valence-corrected chi connectivity index (χ1v) is 11.2. The van der Waals surface area contributed by atoms with Crippen molar-refractivity contribution in [1.29, 1.82) is 0 Å². The van der Waals surface area contributed by atoms with Gasteiger partial charge < -0.3 is 25.2 Å². The van der Waals surface area contributed by atoms with E-state index in [1.165, 1.54) is 0 Å². The minimum atomic E-state index is -0.926. The Labute approximate surface area is 193 Å². The molecular formula is C25H30N2O6. The van der Waals surface area contributed by atoms with E-state index in [9.17, 15) is 14.4 Å². The van der Waals surface area contributed by atoms with Crippen LogP contribution in [0.3, 0.4) is 0 Å². The summed E-state index contributed by atoms with van der Waals surface area (Å²) in [6.45, 7) is 2.32. The van der Waals surface area contributed by atoms with E-state index in [2.05, 4.69) is 34.9 Å². The molecule has 1 unspecified atom stereocenters. The number of alkyl carbamates (subject to hydrolysis) is 1. The molecule has 2 aromatic rings. The molecule has 2 aromatic carbocycles. The average molecular weight is 455 g/mol. The maximum atomic E-state index is 12.1. The molecule has 176 valence electrons. The number of amides is 2. The zero-order valence-electron chi connectivity index (χ0n) is 18.7. The lowest BCUT2D eigenvalue weighted by Gasteiger charge is -2.14. The topological polar surface area (TPSA) is 114 Å². The van der Waals surface area contributed by atoms with Crippen molar-refractivity contribution in [3.05, 3.63) is 59.7 Å². The highest BCUT2D eigenvalue weighted by atomic mass is 16.5. The highest BCUT2D eigenvalue weighted by molar-refractivity contribution is 5.79. The minimum Gasteiger partial charge on any atom is -0.481 e. The van der Waals surface area contributed by atoms with Gasteiger partial charge in [0.25, 0.3) is 0 Å². The molecule has 1 aliphatic carbocycles. The second-order valence-electron chi connectivity index (χ2n) is 7.93. The van der Waals surface area contributed by atoms with Crippen molar-refractivity contribution in [2.45, 2.75) is 25.7 Å². The Hall–Kier alpha value is -3.39. The molecule has 2 amide bonds. The maximum Gasteiger partial charge on any atom is 0.407 e. The summed E-state index contributed by atoms with van der Waals surface area (Å²) in [6, 6.07) is 16.2. The average Bonchev–Trinajstić information content (AvgIpc) is 3.13. The second kappa shape index (κ2) is 12.0. The summed E-state index contributed by atoms with van der Waals surface area (Å²) in [4.78, 5) is 35.0. The molecule has 33 heavy (non-hydrogen) atoms. The lowest BCUT2D eigenvalue weighted by atomic mass is 9.98. The van der Waals surface area contributed by atoms with Crippen LogP contribution in [-0.2, 0) is 19.1 Å². The van der Waals surface area contributed by atoms with Crippen LogP contribution >= 0.6 is 0 Å². The quantitative estimate of drug-likeness (QED) is 0.425. The molecule has 0 fully saturated rings. The van der Waals surface area contributed by atoms with E-state index in [-0.39, 0.29) is 38.8 Å². The molecule has 3 N–H and O–H groups in total. The predicted octanol–water partition coefficient (Wildman–Crippen LogP) is 3.16. The summed E-state index contributed by atoms with van der Waals surface area (Å²) >= 11 is 0. The van der Waals surface area contributed by atoms with Gasteiger partial charge in [-0.3, -0.25) is 9.59 Å². The molecule has 0 saturated carbocycles. The van der Waals surface area contributed by atoms with E-state index in [4.69, 9.17) is 14.6 Å². The number of benzene rings is 2. The predicted molar refractivity (Wildman–Crippen MR) is 123 cm³/mol. The number of carboxylic acids is 1. The maximum absolute atomic E-state index is 12.1. The van der Waals surface area contributed by atoms with Gasteiger partial charge in [-0.05, 0) is 28.7 Å². The number of rotatable bonds is 12. The fourth-order valence-corrected chi connectivity index (χ4v) is 3.99. The number of carbonyl (C=O) groups is 3. The zero-order chi connectivity index (χ0) is 23.6. The molecule has 1 aliphatic rings. The van der Waals surface area contributed by atoms with Gasteiger partial charge >= 0.3 is 12.1 Å². The zero-order valence-corrected chi connectivity index (χ0v) is 18.7. The van der Waals surface area contributed by atoms with Gasteiger partial charge in [-0.25, -0.2) is 4.79 Å². The van der Waals surface area contributed by atoms with E-state index < -0.39 is 23.9 Å². The van der Waals surface area contributed by atoms with Crippen molar-refractivity contribution < 1.29 is 29.0 Å². The number of fused-ring (bicyclic) bond motifs is 3. The molecule has 0 aliphatic heterocycles. The number of carboxylic acid groups (broad SMARTS) is 1. The number of nitrogens with one attached hydrogen (secondary N) is 2. The first-order chi connectivity index (χ1) is 16.0. The van der Waals surface area contributed by atoms with Crippen LogP contribution in [0.25, 0.3) is 11.1 Å². The standard InChI is InChI=1S/C25H30N2O6/c1-2-7-17(24(29)30)14-27-23(28)16-32-13-12-26-25(31)33-15-22-20-10-5-3-8-18(20)19-9-4-6-11-21(19)22/h3-6,8-11,17,22H,2,7,12-16H2,1H3,(H,26,31)(H,27,28)(H,29,30). The highest BCUT2D eigenvalue weighted by Crippen LogP contribution is 2.44. The van der Waals surface area contributed by atoms with Crippen molar-refractivity contribution in [3.63, 3.8) is 0 Å². The minimum absolute atomic E-state index is 0.00886. The summed E-state index contributed by atoms with van der Waals surface area (Å²) < 4.78 is 10.7. The molecule has 1 atom stereocenters. The van der Waals surface area contributed by atoms with E-state index in [1.54, 1.807) is 0 Å². The number of aliphatic carboxylic acids is 1. The summed E-state index contributed by atoms with van der Waals surface area (Å²) in [5.74, 6) is -1.93. The molecule has 0 bridgehead atoms. The van der Waals surface area contributed by atoms with Crippen molar-refractivity contribution >= 4 is 18.0 Å². The number of hydrogen-bond acceptors (Lipinski definition) is 5. The summed E-state index contributed by atoms with van der Waals surface area (Å²) in [5, 5.41) is 14.3. The summed E-state index contributed by atoms with van der Waals surface area (Å²) in [5.41, 5.74) is 4.62. The monoisotopic (exact) mass is 454 g/mol. The molecular weight excluding hydrogens is 424 g/mol. The van der Waals surface area contributed by atoms with Crippen LogP contribution in [0.5, 0.6) is 0 Å². The Morgan fingerprint density at radius 1 is 1.00 bits per heavy atom. The molecule has 3 rings (SSSR count). The molecule has 0 heterocycles. The molecule has 8 heteroatoms. The molecule has 0 spiro atoms. The lowest BCUT2D eigenvalue weighted by Crippen LogP contribution is -2.36. The fraction of sp³-hybridized carbons (Fsp3) is 0.400. The molecule has 0 aromatic heterocycles. The van der Waals surface area contributed by atoms with Crippen molar-refractivity contribution in [2.24, 2.45) is 5.92 Å². The fourth-order valence-electron chi connectivity index (χ4n) is 3.99. The van der Waals surface area contributed by atoms with Gasteiger partial charge in [-0.2, -0.15) is 0 Å². The number of hydrogen-bond donors (Lipinski definition) is 3. The van der Waals surface area contributed by atoms with Gasteiger partial charge in [-0.1, -0.05) is 61.9 Å². The van der Waals surface area contributed by atoms with Crippen LogP contribution in [0.4, 0.5) is 4.79 Å². The van der Waals surface area contributed by atoms with Crippen LogP contribution in [0.15, 0.2) is 48.5 Å². The largest absolute Gasteiger partial charge is 0.481 e. The van der Waals surface area contributed by atoms with Crippen LogP contribution in [-0.4, -0.2) is 56.0 Å². The van der Waals surface area contributed by atoms with E-state index in [0.29, 0.717) is 6.42 Å². The first-order valence-electron chi connectivity index (χ1n) is 11.2. The Balaban J connectivity index is 1.34. The van der Waals surface area contributed by atoms with E-state index in [0.717, 1.165) is 28.7 Å². The first kappa shape index (κ1) is 24.3. The normalized spacial score (nSPS) is 13.0. The Bertz CT molecular complexity index is 931. The van der Waals surface area contributed by atoms with Gasteiger partial charge in [-0.15, -0.1) is 0 Å². The lowest BCUT2D eigenvalue weighted by molar-refractivity contribution is -0.142. The Kier molecular flexibility index (Phi) is 8.83.